The van der Waals surface area contributed by atoms with Gasteiger partial charge in [-0.3, -0.25) is 9.89 Å². The van der Waals surface area contributed by atoms with Crippen molar-refractivity contribution in [2.45, 2.75) is 73.1 Å². The largest absolute Gasteiger partial charge is 0.494 e. The highest BCUT2D eigenvalue weighted by Crippen LogP contribution is 2.41. The Balaban J connectivity index is 0.000000376. The molecule has 10 nitrogen and oxygen atoms in total. The van der Waals surface area contributed by atoms with E-state index in [2.05, 4.69) is 69.0 Å². The van der Waals surface area contributed by atoms with Crippen molar-refractivity contribution in [1.82, 2.24) is 30.6 Å². The third kappa shape index (κ3) is 9.65. The highest BCUT2D eigenvalue weighted by Gasteiger charge is 2.38. The number of anilines is 1. The average Bonchev–Trinajstić information content (AvgIpc) is 3.77. The van der Waals surface area contributed by atoms with Gasteiger partial charge in [0, 0.05) is 41.1 Å². The second-order valence-electron chi connectivity index (χ2n) is 9.77. The summed E-state index contributed by atoms with van der Waals surface area (Å²) in [6, 6.07) is 0. The Kier molecular flexibility index (Phi) is 15.1. The molecule has 0 bridgehead atoms. The number of amidine groups is 1. The van der Waals surface area contributed by atoms with Crippen molar-refractivity contribution in [3.8, 4) is 5.75 Å². The molecule has 0 radical (unpaired) electrons. The minimum absolute atomic E-state index is 0.430. The summed E-state index contributed by atoms with van der Waals surface area (Å²) in [7, 11) is 1.60. The second-order valence-corrected chi connectivity index (χ2v) is 9.77. The fraction of sp³-hybridized carbons (Fsp3) is 0.382. The first-order chi connectivity index (χ1) is 21.4. The highest BCUT2D eigenvalue weighted by molar-refractivity contribution is 6.04. The van der Waals surface area contributed by atoms with E-state index in [0.29, 0.717) is 29.9 Å². The third-order valence-electron chi connectivity index (χ3n) is 6.83. The Hall–Kier alpha value is -4.73. The molecule has 0 atom stereocenters. The number of allylic oxidation sites excluding steroid dienone is 9. The van der Waals surface area contributed by atoms with Gasteiger partial charge in [-0.1, -0.05) is 71.2 Å². The molecule has 1 aliphatic carbocycles. The van der Waals surface area contributed by atoms with Gasteiger partial charge in [0.05, 0.1) is 19.5 Å². The molecule has 2 aromatic rings. The van der Waals surface area contributed by atoms with Crippen molar-refractivity contribution in [3.63, 3.8) is 0 Å². The van der Waals surface area contributed by atoms with Crippen LogP contribution in [0.3, 0.4) is 0 Å². The Morgan fingerprint density at radius 2 is 1.91 bits per heavy atom. The number of hydrogen-bond donors (Lipinski definition) is 1. The molecule has 1 N–H and O–H groups in total. The first-order valence-corrected chi connectivity index (χ1v) is 15.0. The number of aliphatic imine (C=N–C) groups is 2. The summed E-state index contributed by atoms with van der Waals surface area (Å²) in [4.78, 5) is 20.0. The van der Waals surface area contributed by atoms with Gasteiger partial charge in [-0.25, -0.2) is 15.0 Å². The van der Waals surface area contributed by atoms with Gasteiger partial charge in [0.15, 0.2) is 5.75 Å². The van der Waals surface area contributed by atoms with Gasteiger partial charge in [0.25, 0.3) is 0 Å². The molecule has 0 aromatic carbocycles. The molecule has 0 amide bonds. The van der Waals surface area contributed by atoms with Gasteiger partial charge < -0.3 is 4.74 Å². The second kappa shape index (κ2) is 18.7. The van der Waals surface area contributed by atoms with E-state index in [4.69, 9.17) is 9.73 Å². The van der Waals surface area contributed by atoms with E-state index >= 15 is 0 Å². The van der Waals surface area contributed by atoms with E-state index < -0.39 is 0 Å². The van der Waals surface area contributed by atoms with Crippen molar-refractivity contribution in [2.24, 2.45) is 15.9 Å². The topological polar surface area (TPSA) is 117 Å². The molecule has 1 aliphatic heterocycles. The van der Waals surface area contributed by atoms with Crippen molar-refractivity contribution in [3.05, 3.63) is 96.6 Å². The molecule has 3 heterocycles. The maximum Gasteiger partial charge on any atom is 0.235 e. The normalized spacial score (nSPS) is 15.4. The lowest BCUT2D eigenvalue weighted by molar-refractivity contribution is 0.411. The van der Waals surface area contributed by atoms with Crippen LogP contribution in [0.5, 0.6) is 5.75 Å². The third-order valence-corrected chi connectivity index (χ3v) is 6.83. The summed E-state index contributed by atoms with van der Waals surface area (Å²) in [5.41, 5.74) is 6.06. The van der Waals surface area contributed by atoms with E-state index in [1.54, 1.807) is 37.9 Å². The predicted molar refractivity (Wildman–Crippen MR) is 182 cm³/mol. The van der Waals surface area contributed by atoms with E-state index in [1.807, 2.05) is 44.7 Å². The zero-order valence-corrected chi connectivity index (χ0v) is 27.2. The Morgan fingerprint density at radius 3 is 2.41 bits per heavy atom. The molecule has 10 heteroatoms. The SMILES string of the molecule is C=C/C(=C\N=C)CC1=C(CCCC)N=C(C2CC2)N(c2ncc(OC)cn2)C1=C.C=C/C=C(\C(C)=C/C)c1nn[nH]n1.CC. The van der Waals surface area contributed by atoms with E-state index in [-0.39, 0.29) is 0 Å². The number of nitrogens with zero attached hydrogens (tertiary/aromatic N) is 8. The first kappa shape index (κ1) is 35.5. The number of methoxy groups -OCH3 is 1. The lowest BCUT2D eigenvalue weighted by Crippen LogP contribution is -2.36. The molecule has 234 valence electrons. The van der Waals surface area contributed by atoms with Crippen LogP contribution < -0.4 is 9.64 Å². The number of tetrazole rings is 1. The van der Waals surface area contributed by atoms with Crippen LogP contribution in [0.1, 0.15) is 79.0 Å². The molecular formula is C34H47N9O. The van der Waals surface area contributed by atoms with Crippen LogP contribution in [0.15, 0.2) is 101 Å². The van der Waals surface area contributed by atoms with Crippen LogP contribution >= 0.6 is 0 Å². The van der Waals surface area contributed by atoms with Crippen LogP contribution in [0.2, 0.25) is 0 Å². The lowest BCUT2D eigenvalue weighted by atomic mass is 9.96. The number of ether oxygens (including phenoxy) is 1. The summed E-state index contributed by atoms with van der Waals surface area (Å²) < 4.78 is 5.21. The molecule has 4 rings (SSSR count). The molecule has 0 unspecified atom stereocenters. The van der Waals surface area contributed by atoms with Crippen molar-refractivity contribution >= 4 is 24.1 Å². The van der Waals surface area contributed by atoms with Gasteiger partial charge in [0.1, 0.15) is 5.84 Å². The number of aromatic amines is 1. The molecule has 1 saturated carbocycles. The first-order valence-electron chi connectivity index (χ1n) is 15.0. The van der Waals surface area contributed by atoms with Crippen LogP contribution in [0.25, 0.3) is 5.57 Å². The molecule has 1 fully saturated rings. The zero-order valence-electron chi connectivity index (χ0n) is 27.2. The minimum atomic E-state index is 0.430. The van der Waals surface area contributed by atoms with Crippen LogP contribution in [0, 0.1) is 5.92 Å². The predicted octanol–water partition coefficient (Wildman–Crippen LogP) is 7.99. The molecule has 0 spiro atoms. The summed E-state index contributed by atoms with van der Waals surface area (Å²) in [5, 5.41) is 13.7. The van der Waals surface area contributed by atoms with Crippen molar-refractivity contribution in [1.29, 1.82) is 0 Å². The number of aromatic nitrogens is 6. The highest BCUT2D eigenvalue weighted by atomic mass is 16.5. The molecule has 44 heavy (non-hydrogen) atoms. The van der Waals surface area contributed by atoms with Crippen LogP contribution in [0.4, 0.5) is 5.95 Å². The van der Waals surface area contributed by atoms with E-state index in [0.717, 1.165) is 71.6 Å². The Bertz CT molecular complexity index is 1410. The average molecular weight is 598 g/mol. The zero-order chi connectivity index (χ0) is 32.5. The summed E-state index contributed by atoms with van der Waals surface area (Å²) in [6.45, 7) is 25.7. The molecule has 2 aromatic heterocycles. The summed E-state index contributed by atoms with van der Waals surface area (Å²) in [6.07, 6.45) is 18.5. The van der Waals surface area contributed by atoms with Crippen LogP contribution in [-0.4, -0.2) is 50.3 Å². The summed E-state index contributed by atoms with van der Waals surface area (Å²) in [5.74, 6) is 3.21. The Labute approximate surface area is 262 Å². The quantitative estimate of drug-likeness (QED) is 0.184. The van der Waals surface area contributed by atoms with Crippen LogP contribution in [-0.2, 0) is 0 Å². The number of unbranched alkanes of at least 4 members (excludes halogenated alkanes) is 1. The standard InChI is InChI=1S/C23H29N5O.C9H12N4.C2H6/c1-6-8-9-21-20(12-17(7-2)13-24-4)16(3)28(22(27-21)18-10-11-18)23-25-14-19(29-5)15-26-23;1-4-6-8(7(3)5-2)9-10-12-13-11-9;1-2/h7,13-15,18H,2-4,6,8-12H2,1,5H3;4-6H,1H2,2-3H3,(H,10,11,12,13);1-2H3/b17-13+;7-5-,8-6+;. The van der Waals surface area contributed by atoms with Crippen molar-refractivity contribution in [2.75, 3.05) is 12.0 Å². The monoisotopic (exact) mass is 597 g/mol. The van der Waals surface area contributed by atoms with E-state index in [1.165, 1.54) is 0 Å². The fourth-order valence-electron chi connectivity index (χ4n) is 4.24. The smallest absolute Gasteiger partial charge is 0.235 e. The molecule has 0 saturated heterocycles. The van der Waals surface area contributed by atoms with Gasteiger partial charge in [0.2, 0.25) is 11.8 Å². The van der Waals surface area contributed by atoms with Crippen molar-refractivity contribution < 1.29 is 4.74 Å². The van der Waals surface area contributed by atoms with Gasteiger partial charge in [-0.05, 0) is 62.6 Å². The van der Waals surface area contributed by atoms with Gasteiger partial charge in [-0.2, -0.15) is 5.21 Å². The number of H-pyrrole nitrogens is 1. The maximum absolute atomic E-state index is 5.21. The maximum atomic E-state index is 5.21. The summed E-state index contributed by atoms with van der Waals surface area (Å²) >= 11 is 0. The molecule has 2 aliphatic rings. The molecular weight excluding hydrogens is 550 g/mol. The fourth-order valence-corrected chi connectivity index (χ4v) is 4.24. The lowest BCUT2D eigenvalue weighted by Gasteiger charge is -2.33. The van der Waals surface area contributed by atoms with Gasteiger partial charge >= 0.3 is 0 Å². The Morgan fingerprint density at radius 1 is 1.20 bits per heavy atom. The van der Waals surface area contributed by atoms with E-state index in [9.17, 15) is 0 Å². The number of rotatable bonds is 13. The minimum Gasteiger partial charge on any atom is -0.494 e. The number of nitrogens with one attached hydrogen (secondary N) is 1. The van der Waals surface area contributed by atoms with Gasteiger partial charge in [-0.15, -0.1) is 10.2 Å². The number of hydrogen-bond acceptors (Lipinski definition) is 9.